The van der Waals surface area contributed by atoms with Crippen LogP contribution in [0.4, 0.5) is 0 Å². The number of hydrogen-bond donors (Lipinski definition) is 1. The number of hydrogen-bond acceptors (Lipinski definition) is 5. The first-order chi connectivity index (χ1) is 13.0. The van der Waals surface area contributed by atoms with Crippen LogP contribution in [0.2, 0.25) is 0 Å². The molecule has 0 bridgehead atoms. The van der Waals surface area contributed by atoms with Gasteiger partial charge < -0.3 is 9.73 Å². The number of nitrogens with zero attached hydrogens (tertiary/aromatic N) is 3. The van der Waals surface area contributed by atoms with E-state index >= 15 is 0 Å². The first kappa shape index (κ1) is 19.7. The molecule has 0 aliphatic heterocycles. The molecular weight excluding hydrogens is 360 g/mol. The number of aryl methyl sites for hydroxylation is 1. The third-order valence-electron chi connectivity index (χ3n) is 5.51. The summed E-state index contributed by atoms with van der Waals surface area (Å²) in [6, 6.07) is 2.16. The quantitative estimate of drug-likeness (QED) is 0.572. The first-order valence-electron chi connectivity index (χ1n) is 9.52. The van der Waals surface area contributed by atoms with Crippen LogP contribution in [0, 0.1) is 18.8 Å². The highest BCUT2D eigenvalue weighted by Gasteiger charge is 2.28. The first-order valence-corrected chi connectivity index (χ1v) is 10.5. The zero-order valence-electron chi connectivity index (χ0n) is 16.3. The lowest BCUT2D eigenvalue weighted by atomic mass is 9.78. The SMILES string of the molecule is C=CCn1c(SCC(=O)NC2CCCC(C)C2C)nnc1-c1ccoc1C. The maximum absolute atomic E-state index is 12.5. The summed E-state index contributed by atoms with van der Waals surface area (Å²) >= 11 is 1.41. The van der Waals surface area contributed by atoms with Gasteiger partial charge in [-0.15, -0.1) is 16.8 Å². The van der Waals surface area contributed by atoms with Gasteiger partial charge in [-0.25, -0.2) is 0 Å². The van der Waals surface area contributed by atoms with Gasteiger partial charge in [0, 0.05) is 12.6 Å². The van der Waals surface area contributed by atoms with Crippen LogP contribution < -0.4 is 5.32 Å². The maximum Gasteiger partial charge on any atom is 0.230 e. The number of thioether (sulfide) groups is 1. The molecular formula is C20H28N4O2S. The molecule has 1 amide bonds. The molecule has 1 N–H and O–H groups in total. The number of carbonyl (C=O) groups is 1. The van der Waals surface area contributed by atoms with Gasteiger partial charge in [-0.05, 0) is 31.2 Å². The van der Waals surface area contributed by atoms with Crippen LogP contribution in [0.3, 0.4) is 0 Å². The van der Waals surface area contributed by atoms with Crippen molar-refractivity contribution in [1.29, 1.82) is 0 Å². The molecule has 6 nitrogen and oxygen atoms in total. The van der Waals surface area contributed by atoms with Gasteiger partial charge in [-0.3, -0.25) is 9.36 Å². The average molecular weight is 389 g/mol. The van der Waals surface area contributed by atoms with E-state index in [1.165, 1.54) is 24.6 Å². The summed E-state index contributed by atoms with van der Waals surface area (Å²) in [4.78, 5) is 12.5. The fourth-order valence-electron chi connectivity index (χ4n) is 3.67. The number of allylic oxidation sites excluding steroid dienone is 1. The molecule has 1 aliphatic rings. The fourth-order valence-corrected chi connectivity index (χ4v) is 4.43. The van der Waals surface area contributed by atoms with Crippen molar-refractivity contribution >= 4 is 17.7 Å². The second-order valence-corrected chi connectivity index (χ2v) is 8.27. The molecule has 3 unspecified atom stereocenters. The van der Waals surface area contributed by atoms with Crippen LogP contribution in [-0.4, -0.2) is 32.5 Å². The molecule has 3 rings (SSSR count). The lowest BCUT2D eigenvalue weighted by Gasteiger charge is -2.34. The Labute approximate surface area is 164 Å². The van der Waals surface area contributed by atoms with Crippen LogP contribution in [0.15, 0.2) is 34.6 Å². The van der Waals surface area contributed by atoms with Crippen molar-refractivity contribution < 1.29 is 9.21 Å². The minimum absolute atomic E-state index is 0.0557. The van der Waals surface area contributed by atoms with Crippen LogP contribution in [0.5, 0.6) is 0 Å². The van der Waals surface area contributed by atoms with E-state index in [0.29, 0.717) is 29.3 Å². The fraction of sp³-hybridized carbons (Fsp3) is 0.550. The highest BCUT2D eigenvalue weighted by atomic mass is 32.2. The van der Waals surface area contributed by atoms with Gasteiger partial charge >= 0.3 is 0 Å². The van der Waals surface area contributed by atoms with Crippen molar-refractivity contribution in [3.8, 4) is 11.4 Å². The van der Waals surface area contributed by atoms with E-state index < -0.39 is 0 Å². The molecule has 0 spiro atoms. The molecule has 3 atom stereocenters. The Bertz CT molecular complexity index is 798. The van der Waals surface area contributed by atoms with Crippen molar-refractivity contribution in [3.05, 3.63) is 30.7 Å². The molecule has 2 aromatic heterocycles. The van der Waals surface area contributed by atoms with Gasteiger partial charge in [0.05, 0.1) is 17.6 Å². The number of rotatable bonds is 7. The summed E-state index contributed by atoms with van der Waals surface area (Å²) in [5.41, 5.74) is 0.908. The topological polar surface area (TPSA) is 73.0 Å². The molecule has 146 valence electrons. The second-order valence-electron chi connectivity index (χ2n) is 7.33. The molecule has 0 saturated heterocycles. The standard InChI is InChI=1S/C20H28N4O2S/c1-5-10-24-19(16-9-11-26-15(16)4)22-23-20(24)27-12-18(25)21-17-8-6-7-13(2)14(17)3/h5,9,11,13-14,17H,1,6-8,10,12H2,2-4H3,(H,21,25). The van der Waals surface area contributed by atoms with Crippen LogP contribution in [0.1, 0.15) is 38.9 Å². The van der Waals surface area contributed by atoms with Crippen molar-refractivity contribution in [3.63, 3.8) is 0 Å². The monoisotopic (exact) mass is 388 g/mol. The van der Waals surface area contributed by atoms with E-state index in [-0.39, 0.29) is 11.9 Å². The van der Waals surface area contributed by atoms with Gasteiger partial charge in [0.25, 0.3) is 0 Å². The lowest BCUT2D eigenvalue weighted by molar-refractivity contribution is -0.120. The number of furan rings is 1. The van der Waals surface area contributed by atoms with Gasteiger partial charge in [-0.1, -0.05) is 44.5 Å². The summed E-state index contributed by atoms with van der Waals surface area (Å²) in [7, 11) is 0. The van der Waals surface area contributed by atoms with Crippen molar-refractivity contribution in [2.24, 2.45) is 11.8 Å². The van der Waals surface area contributed by atoms with Gasteiger partial charge in [-0.2, -0.15) is 0 Å². The lowest BCUT2D eigenvalue weighted by Crippen LogP contribution is -2.44. The Morgan fingerprint density at radius 1 is 1.44 bits per heavy atom. The summed E-state index contributed by atoms with van der Waals surface area (Å²) in [5, 5.41) is 12.5. The molecule has 0 radical (unpaired) electrons. The molecule has 1 aliphatic carbocycles. The van der Waals surface area contributed by atoms with E-state index in [1.54, 1.807) is 12.3 Å². The van der Waals surface area contributed by atoms with Gasteiger partial charge in [0.1, 0.15) is 5.76 Å². The molecule has 2 aromatic rings. The molecule has 0 aromatic carbocycles. The molecule has 2 heterocycles. The number of aromatic nitrogens is 3. The minimum Gasteiger partial charge on any atom is -0.469 e. The number of amides is 1. The predicted molar refractivity (Wildman–Crippen MR) is 107 cm³/mol. The average Bonchev–Trinajstić information content (AvgIpc) is 3.23. The zero-order chi connectivity index (χ0) is 19.4. The Hall–Kier alpha value is -2.02. The molecule has 27 heavy (non-hydrogen) atoms. The van der Waals surface area contributed by atoms with Crippen molar-refractivity contribution in [2.75, 3.05) is 5.75 Å². The van der Waals surface area contributed by atoms with E-state index in [2.05, 4.69) is 35.9 Å². The smallest absolute Gasteiger partial charge is 0.230 e. The predicted octanol–water partition coefficient (Wildman–Crippen LogP) is 4.07. The summed E-state index contributed by atoms with van der Waals surface area (Å²) in [6.07, 6.45) is 6.95. The molecule has 1 fully saturated rings. The van der Waals surface area contributed by atoms with E-state index in [0.717, 1.165) is 23.6 Å². The van der Waals surface area contributed by atoms with E-state index in [1.807, 2.05) is 17.6 Å². The normalized spacial score (nSPS) is 22.6. The Balaban J connectivity index is 1.65. The van der Waals surface area contributed by atoms with Crippen molar-refractivity contribution in [2.45, 2.75) is 57.8 Å². The van der Waals surface area contributed by atoms with Gasteiger partial charge in [0.2, 0.25) is 5.91 Å². The number of nitrogens with one attached hydrogen (secondary N) is 1. The van der Waals surface area contributed by atoms with Crippen LogP contribution >= 0.6 is 11.8 Å². The molecule has 7 heteroatoms. The van der Waals surface area contributed by atoms with Gasteiger partial charge in [0.15, 0.2) is 11.0 Å². The number of carbonyl (C=O) groups excluding carboxylic acids is 1. The summed E-state index contributed by atoms with van der Waals surface area (Å²) < 4.78 is 7.35. The van der Waals surface area contributed by atoms with E-state index in [9.17, 15) is 4.79 Å². The van der Waals surface area contributed by atoms with Crippen LogP contribution in [0.25, 0.3) is 11.4 Å². The largest absolute Gasteiger partial charge is 0.469 e. The third kappa shape index (κ3) is 4.46. The summed E-state index contributed by atoms with van der Waals surface area (Å²) in [5.74, 6) is 3.10. The zero-order valence-corrected chi connectivity index (χ0v) is 17.1. The highest BCUT2D eigenvalue weighted by Crippen LogP contribution is 2.30. The summed E-state index contributed by atoms with van der Waals surface area (Å²) in [6.45, 7) is 10.8. The minimum atomic E-state index is 0.0557. The third-order valence-corrected chi connectivity index (χ3v) is 6.48. The van der Waals surface area contributed by atoms with E-state index in [4.69, 9.17) is 4.42 Å². The Morgan fingerprint density at radius 2 is 2.26 bits per heavy atom. The maximum atomic E-state index is 12.5. The van der Waals surface area contributed by atoms with Crippen LogP contribution in [-0.2, 0) is 11.3 Å². The Morgan fingerprint density at radius 3 is 2.96 bits per heavy atom. The van der Waals surface area contributed by atoms with Crippen molar-refractivity contribution in [1.82, 2.24) is 20.1 Å². The highest BCUT2D eigenvalue weighted by molar-refractivity contribution is 7.99. The Kier molecular flexibility index (Phi) is 6.42. The second kappa shape index (κ2) is 8.78. The molecule has 1 saturated carbocycles.